The van der Waals surface area contributed by atoms with Crippen LogP contribution in [0.1, 0.15) is 20.3 Å². The van der Waals surface area contributed by atoms with E-state index >= 15 is 0 Å². The van der Waals surface area contributed by atoms with E-state index in [9.17, 15) is 4.79 Å². The van der Waals surface area contributed by atoms with Crippen LogP contribution in [0.4, 0.5) is 0 Å². The van der Waals surface area contributed by atoms with Crippen LogP contribution in [-0.2, 0) is 4.79 Å². The highest BCUT2D eigenvalue weighted by Gasteiger charge is 2.17. The average Bonchev–Trinajstić information content (AvgIpc) is 1.84. The van der Waals surface area contributed by atoms with E-state index in [0.29, 0.717) is 0 Å². The normalized spacial score (nSPS) is 16.8. The van der Waals surface area contributed by atoms with Gasteiger partial charge in [0.2, 0.25) is 0 Å². The van der Waals surface area contributed by atoms with Crippen molar-refractivity contribution in [2.45, 2.75) is 25.5 Å². The summed E-state index contributed by atoms with van der Waals surface area (Å²) < 4.78 is 0. The van der Waals surface area contributed by atoms with Crippen LogP contribution in [0.5, 0.6) is 0 Å². The van der Waals surface area contributed by atoms with E-state index in [1.165, 1.54) is 0 Å². The molecule has 0 spiro atoms. The Kier molecular flexibility index (Phi) is 3.70. The molecule has 0 radical (unpaired) electrons. The minimum absolute atomic E-state index is 0.158. The smallest absolute Gasteiger partial charge is 0.316 e. The fourth-order valence-electron chi connectivity index (χ4n) is 0.467. The predicted octanol–water partition coefficient (Wildman–Crippen LogP) is 1.42. The molecule has 54 valence electrons. The molecule has 3 heteroatoms. The molecule has 0 saturated heterocycles. The van der Waals surface area contributed by atoms with Gasteiger partial charge in [-0.25, -0.2) is 0 Å². The summed E-state index contributed by atoms with van der Waals surface area (Å²) in [5, 5.41) is 7.90. The number of carboxylic acid groups (broad SMARTS) is 1. The van der Waals surface area contributed by atoms with Crippen molar-refractivity contribution in [3.8, 4) is 0 Å². The van der Waals surface area contributed by atoms with Crippen molar-refractivity contribution in [3.63, 3.8) is 0 Å². The first-order valence-electron chi connectivity index (χ1n) is 3.00. The Labute approximate surface area is 60.7 Å². The van der Waals surface area contributed by atoms with Crippen molar-refractivity contribution in [1.82, 2.24) is 0 Å². The van der Waals surface area contributed by atoms with Gasteiger partial charge in [-0.05, 0) is 5.92 Å². The van der Waals surface area contributed by atoms with Crippen LogP contribution < -0.4 is 0 Å². The van der Waals surface area contributed by atoms with Gasteiger partial charge in [0.1, 0.15) is 5.25 Å². The second-order valence-corrected chi connectivity index (χ2v) is 2.72. The number of carboxylic acids is 1. The molecule has 0 aromatic carbocycles. The van der Waals surface area contributed by atoms with Gasteiger partial charge in [0.15, 0.2) is 0 Å². The van der Waals surface area contributed by atoms with Crippen molar-refractivity contribution in [2.75, 3.05) is 0 Å². The van der Waals surface area contributed by atoms with E-state index in [0.717, 1.165) is 6.42 Å². The monoisotopic (exact) mass is 148 g/mol. The summed E-state index contributed by atoms with van der Waals surface area (Å²) in [4.78, 5) is 10.2. The highest BCUT2D eigenvalue weighted by atomic mass is 32.1. The zero-order valence-corrected chi connectivity index (χ0v) is 6.56. The number of hydrogen-bond acceptors (Lipinski definition) is 2. The molecule has 2 unspecified atom stereocenters. The number of hydrogen-bond donors (Lipinski definition) is 2. The van der Waals surface area contributed by atoms with E-state index in [1.807, 2.05) is 13.8 Å². The standard InChI is InChI=1S/C6H12O2S/c1-3-4(2)5(9)6(7)8/h4-5,9H,3H2,1-2H3,(H,7,8). The zero-order valence-electron chi connectivity index (χ0n) is 5.66. The molecule has 1 N–H and O–H groups in total. The Morgan fingerprint density at radius 1 is 1.78 bits per heavy atom. The number of carbonyl (C=O) groups is 1. The van der Waals surface area contributed by atoms with E-state index in [2.05, 4.69) is 12.6 Å². The third kappa shape index (κ3) is 2.75. The van der Waals surface area contributed by atoms with E-state index in [-0.39, 0.29) is 5.92 Å². The molecular weight excluding hydrogens is 136 g/mol. The van der Waals surface area contributed by atoms with E-state index < -0.39 is 11.2 Å². The van der Waals surface area contributed by atoms with Crippen LogP contribution in [0.15, 0.2) is 0 Å². The van der Waals surface area contributed by atoms with Gasteiger partial charge in [-0.2, -0.15) is 12.6 Å². The van der Waals surface area contributed by atoms with E-state index in [4.69, 9.17) is 5.11 Å². The zero-order chi connectivity index (χ0) is 7.44. The lowest BCUT2D eigenvalue weighted by atomic mass is 10.1. The van der Waals surface area contributed by atoms with Crippen molar-refractivity contribution >= 4 is 18.6 Å². The molecule has 0 rings (SSSR count). The average molecular weight is 148 g/mol. The lowest BCUT2D eigenvalue weighted by Crippen LogP contribution is -2.21. The molecular formula is C6H12O2S. The van der Waals surface area contributed by atoms with Crippen LogP contribution >= 0.6 is 12.6 Å². The molecule has 0 fully saturated rings. The molecule has 9 heavy (non-hydrogen) atoms. The summed E-state index contributed by atoms with van der Waals surface area (Å²) in [6.45, 7) is 3.84. The minimum atomic E-state index is -0.826. The summed E-state index contributed by atoms with van der Waals surface area (Å²) in [5.41, 5.74) is 0. The summed E-state index contributed by atoms with van der Waals surface area (Å²) >= 11 is 3.90. The van der Waals surface area contributed by atoms with Crippen LogP contribution in [0, 0.1) is 5.92 Å². The Bertz CT molecular complexity index is 103. The molecule has 0 aliphatic rings. The molecule has 0 bridgehead atoms. The molecule has 0 aliphatic heterocycles. The Morgan fingerprint density at radius 2 is 2.22 bits per heavy atom. The lowest BCUT2D eigenvalue weighted by Gasteiger charge is -2.11. The summed E-state index contributed by atoms with van der Waals surface area (Å²) in [6, 6.07) is 0. The first-order valence-corrected chi connectivity index (χ1v) is 3.52. The van der Waals surface area contributed by atoms with Crippen molar-refractivity contribution in [3.05, 3.63) is 0 Å². The van der Waals surface area contributed by atoms with Gasteiger partial charge in [-0.3, -0.25) is 4.79 Å². The molecule has 0 aromatic heterocycles. The SMILES string of the molecule is CCC(C)C(S)C(=O)O. The van der Waals surface area contributed by atoms with Gasteiger partial charge in [0.05, 0.1) is 0 Å². The number of aliphatic carboxylic acids is 1. The molecule has 0 heterocycles. The molecule has 0 aliphatic carbocycles. The molecule has 0 amide bonds. The summed E-state index contributed by atoms with van der Waals surface area (Å²) in [7, 11) is 0. The second kappa shape index (κ2) is 3.77. The third-order valence-corrected chi connectivity index (χ3v) is 2.17. The maximum absolute atomic E-state index is 10.2. The first-order chi connectivity index (χ1) is 4.09. The largest absolute Gasteiger partial charge is 0.480 e. The van der Waals surface area contributed by atoms with Gasteiger partial charge in [0.25, 0.3) is 0 Å². The highest BCUT2D eigenvalue weighted by molar-refractivity contribution is 7.81. The number of rotatable bonds is 3. The maximum Gasteiger partial charge on any atom is 0.316 e. The Hall–Kier alpha value is -0.180. The third-order valence-electron chi connectivity index (χ3n) is 1.44. The first kappa shape index (κ1) is 8.82. The topological polar surface area (TPSA) is 37.3 Å². The highest BCUT2D eigenvalue weighted by Crippen LogP contribution is 2.12. The van der Waals surface area contributed by atoms with Gasteiger partial charge >= 0.3 is 5.97 Å². The van der Waals surface area contributed by atoms with Crippen LogP contribution in [0.25, 0.3) is 0 Å². The van der Waals surface area contributed by atoms with Gasteiger partial charge in [-0.15, -0.1) is 0 Å². The van der Waals surface area contributed by atoms with Crippen molar-refractivity contribution < 1.29 is 9.90 Å². The quantitative estimate of drug-likeness (QED) is 0.594. The van der Waals surface area contributed by atoms with Crippen LogP contribution in [-0.4, -0.2) is 16.3 Å². The van der Waals surface area contributed by atoms with Gasteiger partial charge in [-0.1, -0.05) is 20.3 Å². The second-order valence-electron chi connectivity index (χ2n) is 2.17. The van der Waals surface area contributed by atoms with Crippen LogP contribution in [0.3, 0.4) is 0 Å². The van der Waals surface area contributed by atoms with Crippen molar-refractivity contribution in [2.24, 2.45) is 5.92 Å². The van der Waals surface area contributed by atoms with Gasteiger partial charge in [0, 0.05) is 0 Å². The van der Waals surface area contributed by atoms with E-state index in [1.54, 1.807) is 0 Å². The van der Waals surface area contributed by atoms with Gasteiger partial charge < -0.3 is 5.11 Å². The Morgan fingerprint density at radius 3 is 2.33 bits per heavy atom. The fourth-order valence-corrected chi connectivity index (χ4v) is 0.677. The molecule has 2 nitrogen and oxygen atoms in total. The molecule has 0 aromatic rings. The fraction of sp³-hybridized carbons (Fsp3) is 0.833. The minimum Gasteiger partial charge on any atom is -0.480 e. The van der Waals surface area contributed by atoms with Crippen LogP contribution in [0.2, 0.25) is 0 Å². The number of thiol groups is 1. The summed E-state index contributed by atoms with van der Waals surface area (Å²) in [6.07, 6.45) is 0.862. The summed E-state index contributed by atoms with van der Waals surface area (Å²) in [5.74, 6) is -0.668. The predicted molar refractivity (Wildman–Crippen MR) is 39.9 cm³/mol. The maximum atomic E-state index is 10.2. The molecule has 0 saturated carbocycles. The lowest BCUT2D eigenvalue weighted by molar-refractivity contribution is -0.137. The van der Waals surface area contributed by atoms with Crippen molar-refractivity contribution in [1.29, 1.82) is 0 Å². The molecule has 2 atom stereocenters. The Balaban J connectivity index is 3.72.